The predicted molar refractivity (Wildman–Crippen MR) is 72.4 cm³/mol. The van der Waals surface area contributed by atoms with Gasteiger partial charge < -0.3 is 5.32 Å². The van der Waals surface area contributed by atoms with E-state index in [1.54, 1.807) is 5.56 Å². The minimum atomic E-state index is 0.800. The molecule has 0 spiro atoms. The Labute approximate surface area is 103 Å². The van der Waals surface area contributed by atoms with Gasteiger partial charge in [0.2, 0.25) is 0 Å². The molecule has 0 atom stereocenters. The van der Waals surface area contributed by atoms with Crippen molar-refractivity contribution in [3.8, 4) is 0 Å². The van der Waals surface area contributed by atoms with Crippen molar-refractivity contribution in [2.45, 2.75) is 58.4 Å². The first-order valence-electron chi connectivity index (χ1n) is 6.55. The molecule has 1 aliphatic rings. The molecule has 1 fully saturated rings. The summed E-state index contributed by atoms with van der Waals surface area (Å²) in [4.78, 5) is 2.95. The quantitative estimate of drug-likeness (QED) is 0.839. The van der Waals surface area contributed by atoms with Gasteiger partial charge in [0.1, 0.15) is 0 Å². The molecule has 2 heteroatoms. The van der Waals surface area contributed by atoms with Crippen molar-refractivity contribution in [1.29, 1.82) is 0 Å². The lowest BCUT2D eigenvalue weighted by Gasteiger charge is -2.22. The summed E-state index contributed by atoms with van der Waals surface area (Å²) in [5.74, 6) is 0. The van der Waals surface area contributed by atoms with Crippen LogP contribution in [0, 0.1) is 13.8 Å². The Bertz CT molecular complexity index is 323. The fraction of sp³-hybridized carbons (Fsp3) is 0.714. The summed E-state index contributed by atoms with van der Waals surface area (Å²) in [6.45, 7) is 5.60. The first-order chi connectivity index (χ1) is 7.75. The van der Waals surface area contributed by atoms with Gasteiger partial charge in [-0.1, -0.05) is 19.3 Å². The van der Waals surface area contributed by atoms with Gasteiger partial charge in [-0.25, -0.2) is 0 Å². The summed E-state index contributed by atoms with van der Waals surface area (Å²) in [5, 5.41) is 3.71. The van der Waals surface area contributed by atoms with E-state index in [4.69, 9.17) is 0 Å². The van der Waals surface area contributed by atoms with Crippen LogP contribution in [0.4, 0.5) is 0 Å². The molecule has 1 saturated carbocycles. The Kier molecular flexibility index (Phi) is 4.42. The third kappa shape index (κ3) is 3.33. The molecule has 0 amide bonds. The molecule has 0 radical (unpaired) electrons. The highest BCUT2D eigenvalue weighted by Crippen LogP contribution is 2.21. The maximum atomic E-state index is 3.71. The molecule has 1 aromatic heterocycles. The van der Waals surface area contributed by atoms with Gasteiger partial charge in [0.05, 0.1) is 0 Å². The van der Waals surface area contributed by atoms with E-state index in [9.17, 15) is 0 Å². The Hall–Kier alpha value is -0.340. The lowest BCUT2D eigenvalue weighted by molar-refractivity contribution is 0.375. The molecule has 1 aromatic rings. The molecule has 1 heterocycles. The lowest BCUT2D eigenvalue weighted by Crippen LogP contribution is -2.32. The molecule has 1 aliphatic carbocycles. The molecule has 0 aliphatic heterocycles. The number of aryl methyl sites for hydroxylation is 2. The molecule has 16 heavy (non-hydrogen) atoms. The van der Waals surface area contributed by atoms with Crippen molar-refractivity contribution in [3.05, 3.63) is 21.4 Å². The summed E-state index contributed by atoms with van der Waals surface area (Å²) >= 11 is 1.93. The molecule has 0 saturated heterocycles. The second-order valence-corrected chi connectivity index (χ2v) is 6.44. The first-order valence-corrected chi connectivity index (χ1v) is 7.36. The average molecular weight is 237 g/mol. The molecule has 90 valence electrons. The van der Waals surface area contributed by atoms with Crippen molar-refractivity contribution in [1.82, 2.24) is 5.32 Å². The van der Waals surface area contributed by atoms with E-state index >= 15 is 0 Å². The number of hydrogen-bond acceptors (Lipinski definition) is 2. The van der Waals surface area contributed by atoms with Crippen LogP contribution in [0.3, 0.4) is 0 Å². The largest absolute Gasteiger partial charge is 0.314 e. The zero-order valence-corrected chi connectivity index (χ0v) is 11.3. The Morgan fingerprint density at radius 2 is 2.00 bits per heavy atom. The summed E-state index contributed by atoms with van der Waals surface area (Å²) in [7, 11) is 0. The zero-order valence-electron chi connectivity index (χ0n) is 10.5. The number of nitrogens with one attached hydrogen (secondary N) is 1. The van der Waals surface area contributed by atoms with Gasteiger partial charge in [-0.15, -0.1) is 11.3 Å². The van der Waals surface area contributed by atoms with Crippen molar-refractivity contribution in [3.63, 3.8) is 0 Å². The second-order valence-electron chi connectivity index (χ2n) is 4.98. The van der Waals surface area contributed by atoms with Gasteiger partial charge in [0, 0.05) is 15.8 Å². The van der Waals surface area contributed by atoms with Gasteiger partial charge in [-0.2, -0.15) is 0 Å². The monoisotopic (exact) mass is 237 g/mol. The Balaban J connectivity index is 1.73. The van der Waals surface area contributed by atoms with Crippen LogP contribution in [0.15, 0.2) is 6.07 Å². The minimum absolute atomic E-state index is 0.800. The molecular weight excluding hydrogens is 214 g/mol. The molecular formula is C14H23NS. The highest BCUT2D eigenvalue weighted by atomic mass is 32.1. The van der Waals surface area contributed by atoms with E-state index in [0.717, 1.165) is 12.6 Å². The van der Waals surface area contributed by atoms with Crippen LogP contribution in [-0.4, -0.2) is 12.6 Å². The minimum Gasteiger partial charge on any atom is -0.314 e. The fourth-order valence-corrected chi connectivity index (χ4v) is 3.63. The van der Waals surface area contributed by atoms with Crippen LogP contribution in [0.25, 0.3) is 0 Å². The highest BCUT2D eigenvalue weighted by molar-refractivity contribution is 7.12. The standard InChI is InChI=1S/C14H23NS/c1-11-10-13(12(2)16-11)8-9-15-14-6-4-3-5-7-14/h10,14-15H,3-9H2,1-2H3. The molecule has 0 aromatic carbocycles. The van der Waals surface area contributed by atoms with E-state index in [-0.39, 0.29) is 0 Å². The van der Waals surface area contributed by atoms with Gasteiger partial charge in [-0.3, -0.25) is 0 Å². The van der Waals surface area contributed by atoms with Gasteiger partial charge >= 0.3 is 0 Å². The van der Waals surface area contributed by atoms with Crippen molar-refractivity contribution >= 4 is 11.3 Å². The fourth-order valence-electron chi connectivity index (χ4n) is 2.65. The van der Waals surface area contributed by atoms with E-state index in [1.807, 2.05) is 11.3 Å². The Morgan fingerprint density at radius 3 is 2.62 bits per heavy atom. The summed E-state index contributed by atoms with van der Waals surface area (Å²) in [5.41, 5.74) is 1.55. The van der Waals surface area contributed by atoms with Crippen molar-refractivity contribution in [2.24, 2.45) is 0 Å². The number of hydrogen-bond donors (Lipinski definition) is 1. The normalized spacial score (nSPS) is 17.9. The van der Waals surface area contributed by atoms with E-state index in [2.05, 4.69) is 25.2 Å². The van der Waals surface area contributed by atoms with Gasteiger partial charge in [0.25, 0.3) is 0 Å². The van der Waals surface area contributed by atoms with Gasteiger partial charge in [0.15, 0.2) is 0 Å². The van der Waals surface area contributed by atoms with E-state index in [0.29, 0.717) is 0 Å². The molecule has 0 bridgehead atoms. The van der Waals surface area contributed by atoms with Crippen molar-refractivity contribution in [2.75, 3.05) is 6.54 Å². The maximum absolute atomic E-state index is 3.71. The van der Waals surface area contributed by atoms with Crippen molar-refractivity contribution < 1.29 is 0 Å². The van der Waals surface area contributed by atoms with Crippen LogP contribution >= 0.6 is 11.3 Å². The smallest absolute Gasteiger partial charge is 0.00671 e. The van der Waals surface area contributed by atoms with Crippen LogP contribution < -0.4 is 5.32 Å². The molecule has 2 rings (SSSR count). The van der Waals surface area contributed by atoms with E-state index < -0.39 is 0 Å². The first kappa shape index (κ1) is 12.1. The van der Waals surface area contributed by atoms with Gasteiger partial charge in [-0.05, 0) is 51.3 Å². The highest BCUT2D eigenvalue weighted by Gasteiger charge is 2.12. The van der Waals surface area contributed by atoms with Crippen LogP contribution in [0.2, 0.25) is 0 Å². The zero-order chi connectivity index (χ0) is 11.4. The third-order valence-corrected chi connectivity index (χ3v) is 4.58. The SMILES string of the molecule is Cc1cc(CCNC2CCCCC2)c(C)s1. The predicted octanol–water partition coefficient (Wildman–Crippen LogP) is 3.83. The van der Waals surface area contributed by atoms with Crippen LogP contribution in [-0.2, 0) is 6.42 Å². The van der Waals surface area contributed by atoms with Crippen LogP contribution in [0.1, 0.15) is 47.4 Å². The lowest BCUT2D eigenvalue weighted by atomic mass is 9.95. The number of thiophene rings is 1. The number of rotatable bonds is 4. The second kappa shape index (κ2) is 5.83. The summed E-state index contributed by atoms with van der Waals surface area (Å²) in [6, 6.07) is 3.15. The summed E-state index contributed by atoms with van der Waals surface area (Å²) < 4.78 is 0. The van der Waals surface area contributed by atoms with Crippen LogP contribution in [0.5, 0.6) is 0 Å². The third-order valence-electron chi connectivity index (χ3n) is 3.58. The summed E-state index contributed by atoms with van der Waals surface area (Å²) in [6.07, 6.45) is 8.28. The topological polar surface area (TPSA) is 12.0 Å². The van der Waals surface area contributed by atoms with E-state index in [1.165, 1.54) is 48.3 Å². The average Bonchev–Trinajstić information content (AvgIpc) is 2.59. The molecule has 0 unspecified atom stereocenters. The maximum Gasteiger partial charge on any atom is 0.00671 e. The molecule has 1 N–H and O–H groups in total. The Morgan fingerprint density at radius 1 is 1.25 bits per heavy atom. The molecule has 1 nitrogen and oxygen atoms in total.